The molecular formula is C20H24Cl2N4O4. The number of nitrogens with one attached hydrogen (secondary N) is 2. The minimum atomic E-state index is -0.721. The summed E-state index contributed by atoms with van der Waals surface area (Å²) in [6.45, 7) is 4.76. The number of ether oxygens (including phenoxy) is 1. The van der Waals surface area contributed by atoms with Gasteiger partial charge >= 0.3 is 6.03 Å². The van der Waals surface area contributed by atoms with Crippen LogP contribution < -0.4 is 10.6 Å². The largest absolute Gasteiger partial charge is 0.383 e. The first-order chi connectivity index (χ1) is 14.3. The molecule has 0 radical (unpaired) electrons. The third-order valence-corrected chi connectivity index (χ3v) is 5.85. The Kier molecular flexibility index (Phi) is 6.90. The fourth-order valence-electron chi connectivity index (χ4n) is 3.70. The molecule has 8 nitrogen and oxygen atoms in total. The Bertz CT molecular complexity index is 905. The minimum Gasteiger partial charge on any atom is -0.383 e. The highest BCUT2D eigenvalue weighted by molar-refractivity contribution is 6.35. The number of carbonyl (C=O) groups excluding carboxylic acids is 3. The van der Waals surface area contributed by atoms with Gasteiger partial charge in [0.2, 0.25) is 5.91 Å². The van der Waals surface area contributed by atoms with Crippen molar-refractivity contribution in [3.05, 3.63) is 45.1 Å². The Morgan fingerprint density at radius 3 is 2.73 bits per heavy atom. The average Bonchev–Trinajstić information content (AvgIpc) is 3.04. The van der Waals surface area contributed by atoms with Crippen molar-refractivity contribution < 1.29 is 19.1 Å². The van der Waals surface area contributed by atoms with Crippen LogP contribution in [0.1, 0.15) is 25.5 Å². The Balaban J connectivity index is 1.93. The van der Waals surface area contributed by atoms with Gasteiger partial charge in [-0.15, -0.1) is 0 Å². The molecule has 0 saturated carbocycles. The van der Waals surface area contributed by atoms with E-state index in [2.05, 4.69) is 10.6 Å². The number of rotatable bonds is 7. The highest BCUT2D eigenvalue weighted by atomic mass is 35.5. The van der Waals surface area contributed by atoms with E-state index in [0.29, 0.717) is 46.6 Å². The maximum atomic E-state index is 13.4. The fraction of sp³-hybridized carbons (Fsp3) is 0.450. The molecule has 0 unspecified atom stereocenters. The molecule has 0 aliphatic carbocycles. The molecule has 30 heavy (non-hydrogen) atoms. The van der Waals surface area contributed by atoms with Crippen LogP contribution in [0.3, 0.4) is 0 Å². The van der Waals surface area contributed by atoms with Gasteiger partial charge in [0.15, 0.2) is 0 Å². The van der Waals surface area contributed by atoms with Crippen LogP contribution in [0.15, 0.2) is 29.5 Å². The minimum absolute atomic E-state index is 0.163. The summed E-state index contributed by atoms with van der Waals surface area (Å²) in [5.74, 6) is -0.600. The summed E-state index contributed by atoms with van der Waals surface area (Å²) in [7, 11) is 1.54. The number of urea groups is 1. The summed E-state index contributed by atoms with van der Waals surface area (Å²) in [5.41, 5.74) is 1.57. The van der Waals surface area contributed by atoms with Crippen molar-refractivity contribution in [2.75, 3.05) is 33.4 Å². The van der Waals surface area contributed by atoms with Gasteiger partial charge in [-0.2, -0.15) is 0 Å². The number of hydrogen-bond donors (Lipinski definition) is 2. The SMILES string of the molecule is CCN1C(=O)N[C@@H](c2ccc(Cl)cc2Cl)C2=C1CN([C@H](C)C(=O)NCCOC)C2=O. The van der Waals surface area contributed by atoms with Crippen LogP contribution in [-0.4, -0.2) is 67.0 Å². The molecule has 2 atom stereocenters. The Hall–Kier alpha value is -2.29. The number of likely N-dealkylation sites (N-methyl/N-ethyl adjacent to an activating group) is 1. The number of carbonyl (C=O) groups is 3. The van der Waals surface area contributed by atoms with Crippen LogP contribution in [0.5, 0.6) is 0 Å². The standard InChI is InChI=1S/C20H24Cl2N4O4/c1-4-25-15-10-26(11(2)18(27)23-7-8-30-3)19(28)16(15)17(24-20(25)29)13-6-5-12(21)9-14(13)22/h5-6,9,11,17H,4,7-8,10H2,1-3H3,(H,23,27)(H,24,29)/t11-,17+/m1/s1. The van der Waals surface area contributed by atoms with E-state index in [-0.39, 0.29) is 24.4 Å². The second kappa shape index (κ2) is 9.24. The zero-order chi connectivity index (χ0) is 22.0. The van der Waals surface area contributed by atoms with Crippen LogP contribution in [0.25, 0.3) is 0 Å². The predicted octanol–water partition coefficient (Wildman–Crippen LogP) is 2.33. The summed E-state index contributed by atoms with van der Waals surface area (Å²) in [4.78, 5) is 41.6. The molecule has 4 amide bonds. The lowest BCUT2D eigenvalue weighted by Gasteiger charge is -2.33. The van der Waals surface area contributed by atoms with Crippen LogP contribution in [-0.2, 0) is 14.3 Å². The quantitative estimate of drug-likeness (QED) is 0.618. The van der Waals surface area contributed by atoms with Gasteiger partial charge in [0.05, 0.1) is 30.5 Å². The number of halogens is 2. The normalized spacial score (nSPS) is 19.7. The molecule has 2 aliphatic heterocycles. The summed E-state index contributed by atoms with van der Waals surface area (Å²) in [6, 6.07) is 3.17. The first-order valence-electron chi connectivity index (χ1n) is 9.63. The van der Waals surface area contributed by atoms with Crippen molar-refractivity contribution in [1.29, 1.82) is 0 Å². The molecule has 162 valence electrons. The molecule has 10 heteroatoms. The van der Waals surface area contributed by atoms with E-state index in [1.807, 2.05) is 6.92 Å². The number of methoxy groups -OCH3 is 1. The third-order valence-electron chi connectivity index (χ3n) is 5.29. The van der Waals surface area contributed by atoms with Crippen LogP contribution >= 0.6 is 23.2 Å². The van der Waals surface area contributed by atoms with Gasteiger partial charge in [0.1, 0.15) is 6.04 Å². The monoisotopic (exact) mass is 454 g/mol. The first-order valence-corrected chi connectivity index (χ1v) is 10.4. The molecule has 0 saturated heterocycles. The molecule has 0 bridgehead atoms. The predicted molar refractivity (Wildman–Crippen MR) is 113 cm³/mol. The van der Waals surface area contributed by atoms with Crippen LogP contribution in [0, 0.1) is 0 Å². The lowest BCUT2D eigenvalue weighted by Crippen LogP contribution is -2.47. The Morgan fingerprint density at radius 1 is 1.37 bits per heavy atom. The van der Waals surface area contributed by atoms with E-state index < -0.39 is 12.1 Å². The van der Waals surface area contributed by atoms with Crippen molar-refractivity contribution in [2.45, 2.75) is 25.9 Å². The van der Waals surface area contributed by atoms with Gasteiger partial charge < -0.3 is 20.3 Å². The third kappa shape index (κ3) is 4.12. The molecule has 2 N–H and O–H groups in total. The van der Waals surface area contributed by atoms with Crippen molar-refractivity contribution >= 4 is 41.0 Å². The van der Waals surface area contributed by atoms with Gasteiger partial charge in [-0.3, -0.25) is 14.5 Å². The first kappa shape index (κ1) is 22.4. The van der Waals surface area contributed by atoms with Crippen LogP contribution in [0.2, 0.25) is 10.0 Å². The molecule has 2 aliphatic rings. The van der Waals surface area contributed by atoms with Gasteiger partial charge in [0.25, 0.3) is 5.91 Å². The smallest absolute Gasteiger partial charge is 0.322 e. The fourth-order valence-corrected chi connectivity index (χ4v) is 4.21. The van der Waals surface area contributed by atoms with Crippen molar-refractivity contribution in [2.24, 2.45) is 0 Å². The summed E-state index contributed by atoms with van der Waals surface area (Å²) in [6.07, 6.45) is 0. The summed E-state index contributed by atoms with van der Waals surface area (Å²) < 4.78 is 4.94. The Morgan fingerprint density at radius 2 is 2.10 bits per heavy atom. The molecule has 0 fully saturated rings. The van der Waals surface area contributed by atoms with E-state index in [1.54, 1.807) is 32.2 Å². The van der Waals surface area contributed by atoms with Crippen molar-refractivity contribution in [1.82, 2.24) is 20.4 Å². The van der Waals surface area contributed by atoms with Crippen molar-refractivity contribution in [3.8, 4) is 0 Å². The second-order valence-electron chi connectivity index (χ2n) is 7.05. The number of benzene rings is 1. The zero-order valence-electron chi connectivity index (χ0n) is 17.0. The highest BCUT2D eigenvalue weighted by Gasteiger charge is 2.46. The van der Waals surface area contributed by atoms with E-state index in [0.717, 1.165) is 0 Å². The van der Waals surface area contributed by atoms with E-state index in [1.165, 1.54) is 9.80 Å². The number of hydrogen-bond acceptors (Lipinski definition) is 4. The molecule has 3 rings (SSSR count). The van der Waals surface area contributed by atoms with Crippen molar-refractivity contribution in [3.63, 3.8) is 0 Å². The highest BCUT2D eigenvalue weighted by Crippen LogP contribution is 2.39. The average molecular weight is 455 g/mol. The molecular weight excluding hydrogens is 431 g/mol. The van der Waals surface area contributed by atoms with Crippen LogP contribution in [0.4, 0.5) is 4.79 Å². The zero-order valence-corrected chi connectivity index (χ0v) is 18.5. The van der Waals surface area contributed by atoms with E-state index in [4.69, 9.17) is 27.9 Å². The Labute approximate surface area is 185 Å². The molecule has 0 spiro atoms. The van der Waals surface area contributed by atoms with Gasteiger partial charge in [-0.1, -0.05) is 29.3 Å². The van der Waals surface area contributed by atoms with E-state index >= 15 is 0 Å². The van der Waals surface area contributed by atoms with Gasteiger partial charge in [-0.05, 0) is 31.5 Å². The maximum Gasteiger partial charge on any atom is 0.322 e. The summed E-state index contributed by atoms with van der Waals surface area (Å²) in [5, 5.41) is 6.41. The topological polar surface area (TPSA) is 91.0 Å². The lowest BCUT2D eigenvalue weighted by atomic mass is 9.95. The molecule has 0 aromatic heterocycles. The van der Waals surface area contributed by atoms with Gasteiger partial charge in [0, 0.05) is 30.2 Å². The van der Waals surface area contributed by atoms with E-state index in [9.17, 15) is 14.4 Å². The molecule has 2 heterocycles. The lowest BCUT2D eigenvalue weighted by molar-refractivity contribution is -0.135. The number of amides is 4. The molecule has 1 aromatic rings. The second-order valence-corrected chi connectivity index (χ2v) is 7.89. The maximum absolute atomic E-state index is 13.4. The molecule has 1 aromatic carbocycles. The van der Waals surface area contributed by atoms with Gasteiger partial charge in [-0.25, -0.2) is 4.79 Å². The summed E-state index contributed by atoms with van der Waals surface area (Å²) >= 11 is 12.4. The number of nitrogens with zero attached hydrogens (tertiary/aromatic N) is 2.